The number of carboxylic acids is 1. The third-order valence-electron chi connectivity index (χ3n) is 5.01. The molecule has 5 nitrogen and oxygen atoms in total. The van der Waals surface area contributed by atoms with E-state index in [1.165, 1.54) is 0 Å². The summed E-state index contributed by atoms with van der Waals surface area (Å²) >= 11 is 0. The molecular formula is C17H21NO4. The van der Waals surface area contributed by atoms with Gasteiger partial charge in [0, 0.05) is 18.0 Å². The van der Waals surface area contributed by atoms with E-state index < -0.39 is 17.9 Å². The average Bonchev–Trinajstić information content (AvgIpc) is 3.27. The molecule has 2 N–H and O–H groups in total. The van der Waals surface area contributed by atoms with Crippen molar-refractivity contribution in [2.45, 2.75) is 38.1 Å². The largest absolute Gasteiger partial charge is 0.497 e. The number of nitrogens with one attached hydrogen (secondary N) is 1. The van der Waals surface area contributed by atoms with E-state index in [0.29, 0.717) is 24.3 Å². The minimum absolute atomic E-state index is 0.0749. The van der Waals surface area contributed by atoms with Gasteiger partial charge in [-0.2, -0.15) is 0 Å². The zero-order valence-electron chi connectivity index (χ0n) is 12.7. The SMILES string of the molecule is COc1ccc(N[C@H](C(=O)O)[C@@H]2CC3(CCC2=O)CC3)cc1. The van der Waals surface area contributed by atoms with Gasteiger partial charge >= 0.3 is 5.97 Å². The molecule has 0 amide bonds. The molecule has 5 heteroatoms. The van der Waals surface area contributed by atoms with E-state index in [2.05, 4.69) is 5.32 Å². The summed E-state index contributed by atoms with van der Waals surface area (Å²) < 4.78 is 5.09. The molecular weight excluding hydrogens is 282 g/mol. The zero-order chi connectivity index (χ0) is 15.7. The van der Waals surface area contributed by atoms with Crippen LogP contribution in [-0.4, -0.2) is 30.0 Å². The second-order valence-electron chi connectivity index (χ2n) is 6.47. The van der Waals surface area contributed by atoms with Crippen molar-refractivity contribution in [3.63, 3.8) is 0 Å². The number of methoxy groups -OCH3 is 1. The Bertz CT molecular complexity index is 577. The first kappa shape index (κ1) is 14.9. The molecule has 0 unspecified atom stereocenters. The topological polar surface area (TPSA) is 75.6 Å². The Hall–Kier alpha value is -2.04. The molecule has 1 aromatic rings. The quantitative estimate of drug-likeness (QED) is 0.874. The summed E-state index contributed by atoms with van der Waals surface area (Å²) in [4.78, 5) is 23.9. The van der Waals surface area contributed by atoms with Gasteiger partial charge in [-0.25, -0.2) is 4.79 Å². The maximum atomic E-state index is 12.2. The Balaban J connectivity index is 1.76. The molecule has 1 spiro atoms. The van der Waals surface area contributed by atoms with Crippen molar-refractivity contribution in [1.82, 2.24) is 0 Å². The first-order chi connectivity index (χ1) is 10.5. The molecule has 0 aliphatic heterocycles. The summed E-state index contributed by atoms with van der Waals surface area (Å²) in [6.07, 6.45) is 4.40. The Morgan fingerprint density at radius 3 is 2.55 bits per heavy atom. The highest BCUT2D eigenvalue weighted by atomic mass is 16.5. The van der Waals surface area contributed by atoms with Gasteiger partial charge in [0.2, 0.25) is 0 Å². The number of ketones is 1. The highest BCUT2D eigenvalue weighted by molar-refractivity contribution is 5.90. The summed E-state index contributed by atoms with van der Waals surface area (Å²) in [5.41, 5.74) is 0.935. The molecule has 2 saturated carbocycles. The Kier molecular flexibility index (Phi) is 3.81. The van der Waals surface area contributed by atoms with Gasteiger partial charge in [-0.15, -0.1) is 0 Å². The van der Waals surface area contributed by atoms with Gasteiger partial charge in [0.1, 0.15) is 17.6 Å². The summed E-state index contributed by atoms with van der Waals surface area (Å²) in [6, 6.07) is 6.22. The van der Waals surface area contributed by atoms with E-state index >= 15 is 0 Å². The van der Waals surface area contributed by atoms with Gasteiger partial charge in [0.15, 0.2) is 0 Å². The van der Waals surface area contributed by atoms with Crippen molar-refractivity contribution in [3.8, 4) is 5.75 Å². The van der Waals surface area contributed by atoms with Crippen LogP contribution in [0.15, 0.2) is 24.3 Å². The second kappa shape index (κ2) is 5.63. The van der Waals surface area contributed by atoms with Gasteiger partial charge in [-0.05, 0) is 55.4 Å². The van der Waals surface area contributed by atoms with Crippen LogP contribution in [0.5, 0.6) is 5.75 Å². The monoisotopic (exact) mass is 303 g/mol. The molecule has 0 radical (unpaired) electrons. The summed E-state index contributed by atoms with van der Waals surface area (Å²) in [5, 5.41) is 12.6. The van der Waals surface area contributed by atoms with E-state index in [0.717, 1.165) is 19.3 Å². The molecule has 22 heavy (non-hydrogen) atoms. The van der Waals surface area contributed by atoms with Crippen molar-refractivity contribution in [2.24, 2.45) is 11.3 Å². The van der Waals surface area contributed by atoms with Gasteiger partial charge < -0.3 is 15.2 Å². The molecule has 3 rings (SSSR count). The second-order valence-corrected chi connectivity index (χ2v) is 6.47. The number of carbonyl (C=O) groups is 2. The minimum Gasteiger partial charge on any atom is -0.497 e. The van der Waals surface area contributed by atoms with Crippen LogP contribution < -0.4 is 10.1 Å². The molecule has 118 valence electrons. The molecule has 0 saturated heterocycles. The maximum absolute atomic E-state index is 12.2. The van der Waals surface area contributed by atoms with Gasteiger partial charge in [0.05, 0.1) is 7.11 Å². The molecule has 2 aliphatic rings. The van der Waals surface area contributed by atoms with Crippen LogP contribution >= 0.6 is 0 Å². The van der Waals surface area contributed by atoms with Gasteiger partial charge in [0.25, 0.3) is 0 Å². The standard InChI is InChI=1S/C17H21NO4/c1-22-12-4-2-11(3-5-12)18-15(16(20)21)13-10-17(8-9-17)7-6-14(13)19/h2-5,13,15,18H,6-10H2,1H3,(H,20,21)/t13-,15+/m1/s1. The maximum Gasteiger partial charge on any atom is 0.326 e. The fraction of sp³-hybridized carbons (Fsp3) is 0.529. The van der Waals surface area contributed by atoms with Crippen LogP contribution in [0, 0.1) is 11.3 Å². The van der Waals surface area contributed by atoms with Crippen molar-refractivity contribution in [1.29, 1.82) is 0 Å². The Morgan fingerprint density at radius 2 is 2.00 bits per heavy atom. The first-order valence-electron chi connectivity index (χ1n) is 7.69. The van der Waals surface area contributed by atoms with E-state index in [4.69, 9.17) is 4.74 Å². The minimum atomic E-state index is -0.966. The van der Waals surface area contributed by atoms with E-state index in [9.17, 15) is 14.7 Å². The lowest BCUT2D eigenvalue weighted by atomic mass is 9.75. The number of benzene rings is 1. The van der Waals surface area contributed by atoms with Crippen molar-refractivity contribution >= 4 is 17.4 Å². The molecule has 2 atom stereocenters. The van der Waals surface area contributed by atoms with E-state index in [1.54, 1.807) is 31.4 Å². The Labute approximate surface area is 129 Å². The Morgan fingerprint density at radius 1 is 1.32 bits per heavy atom. The number of Topliss-reactive ketones (excluding diaryl/α,β-unsaturated/α-hetero) is 1. The lowest BCUT2D eigenvalue weighted by molar-refractivity contribution is -0.143. The van der Waals surface area contributed by atoms with Crippen LogP contribution in [0.2, 0.25) is 0 Å². The van der Waals surface area contributed by atoms with Crippen molar-refractivity contribution in [3.05, 3.63) is 24.3 Å². The summed E-state index contributed by atoms with van der Waals surface area (Å²) in [7, 11) is 1.58. The number of carbonyl (C=O) groups excluding carboxylic acids is 1. The summed E-state index contributed by atoms with van der Waals surface area (Å²) in [6.45, 7) is 0. The highest BCUT2D eigenvalue weighted by Gasteiger charge is 2.51. The zero-order valence-corrected chi connectivity index (χ0v) is 12.7. The number of carboxylic acid groups (broad SMARTS) is 1. The molecule has 0 heterocycles. The van der Waals surface area contributed by atoms with Crippen LogP contribution in [-0.2, 0) is 9.59 Å². The number of hydrogen-bond donors (Lipinski definition) is 2. The first-order valence-corrected chi connectivity index (χ1v) is 7.69. The predicted octanol–water partition coefficient (Wildman–Crippen LogP) is 2.71. The fourth-order valence-electron chi connectivity index (χ4n) is 3.39. The number of aliphatic carboxylic acids is 1. The highest BCUT2D eigenvalue weighted by Crippen LogP contribution is 2.57. The van der Waals surface area contributed by atoms with Gasteiger partial charge in [-0.1, -0.05) is 0 Å². The number of ether oxygens (including phenoxy) is 1. The molecule has 2 aliphatic carbocycles. The van der Waals surface area contributed by atoms with Crippen LogP contribution in [0.3, 0.4) is 0 Å². The lowest BCUT2D eigenvalue weighted by Crippen LogP contribution is -2.44. The van der Waals surface area contributed by atoms with Crippen LogP contribution in [0.4, 0.5) is 5.69 Å². The van der Waals surface area contributed by atoms with Crippen LogP contribution in [0.1, 0.15) is 32.1 Å². The fourth-order valence-corrected chi connectivity index (χ4v) is 3.39. The molecule has 2 fully saturated rings. The molecule has 1 aromatic carbocycles. The smallest absolute Gasteiger partial charge is 0.326 e. The van der Waals surface area contributed by atoms with Gasteiger partial charge in [-0.3, -0.25) is 4.79 Å². The molecule has 0 aromatic heterocycles. The summed E-state index contributed by atoms with van der Waals surface area (Å²) in [5.74, 6) is -0.614. The normalized spacial score (nSPS) is 23.9. The third kappa shape index (κ3) is 2.93. The number of anilines is 1. The van der Waals surface area contributed by atoms with E-state index in [1.807, 2.05) is 0 Å². The van der Waals surface area contributed by atoms with E-state index in [-0.39, 0.29) is 11.2 Å². The lowest BCUT2D eigenvalue weighted by Gasteiger charge is -2.32. The third-order valence-corrected chi connectivity index (χ3v) is 5.01. The molecule has 0 bridgehead atoms. The van der Waals surface area contributed by atoms with Crippen molar-refractivity contribution in [2.75, 3.05) is 12.4 Å². The predicted molar refractivity (Wildman–Crippen MR) is 82.1 cm³/mol. The van der Waals surface area contributed by atoms with Crippen LogP contribution in [0.25, 0.3) is 0 Å². The van der Waals surface area contributed by atoms with Crippen molar-refractivity contribution < 1.29 is 19.4 Å². The average molecular weight is 303 g/mol. The number of rotatable bonds is 5. The number of hydrogen-bond acceptors (Lipinski definition) is 4.